The molecule has 0 aromatic heterocycles. The Bertz CT molecular complexity index is 518. The lowest BCUT2D eigenvalue weighted by Gasteiger charge is -2.18. The van der Waals surface area contributed by atoms with Gasteiger partial charge in [-0.3, -0.25) is 4.79 Å². The first-order valence-corrected chi connectivity index (χ1v) is 9.85. The fourth-order valence-corrected chi connectivity index (χ4v) is 4.08. The third kappa shape index (κ3) is 5.92. The van der Waals surface area contributed by atoms with Crippen molar-refractivity contribution in [2.45, 2.75) is 57.3 Å². The van der Waals surface area contributed by atoms with Gasteiger partial charge in [0.25, 0.3) is 5.91 Å². The molecular weight excluding hydrogens is 330 g/mol. The van der Waals surface area contributed by atoms with Gasteiger partial charge in [-0.15, -0.1) is 0 Å². The molecule has 2 rings (SSSR count). The fourth-order valence-electron chi connectivity index (χ4n) is 2.75. The Hall–Kier alpha value is -0.870. The Kier molecular flexibility index (Phi) is 7.57. The molecule has 1 aliphatic carbocycles. The van der Waals surface area contributed by atoms with Gasteiger partial charge in [0.15, 0.2) is 6.10 Å². The van der Waals surface area contributed by atoms with Crippen LogP contribution in [0.4, 0.5) is 0 Å². The van der Waals surface area contributed by atoms with E-state index in [0.717, 1.165) is 16.6 Å². The van der Waals surface area contributed by atoms with Gasteiger partial charge in [0, 0.05) is 22.6 Å². The second-order valence-corrected chi connectivity index (χ2v) is 7.81. The first kappa shape index (κ1) is 18.5. The van der Waals surface area contributed by atoms with Gasteiger partial charge in [0.05, 0.1) is 0 Å². The predicted octanol–water partition coefficient (Wildman–Crippen LogP) is 4.60. The predicted molar refractivity (Wildman–Crippen MR) is 98.6 cm³/mol. The minimum Gasteiger partial charge on any atom is -0.481 e. The van der Waals surface area contributed by atoms with Crippen LogP contribution < -0.4 is 10.1 Å². The molecule has 1 aromatic rings. The highest BCUT2D eigenvalue weighted by atomic mass is 35.5. The van der Waals surface area contributed by atoms with E-state index in [2.05, 4.69) is 5.32 Å². The van der Waals surface area contributed by atoms with E-state index in [0.29, 0.717) is 23.7 Å². The maximum atomic E-state index is 12.3. The van der Waals surface area contributed by atoms with Crippen LogP contribution in [-0.2, 0) is 4.79 Å². The highest BCUT2D eigenvalue weighted by Gasteiger charge is 2.19. The van der Waals surface area contributed by atoms with E-state index >= 15 is 0 Å². The Morgan fingerprint density at radius 1 is 1.43 bits per heavy atom. The molecule has 0 spiro atoms. The van der Waals surface area contributed by atoms with Gasteiger partial charge >= 0.3 is 0 Å². The van der Waals surface area contributed by atoms with Crippen LogP contribution in [0.25, 0.3) is 0 Å². The van der Waals surface area contributed by atoms with E-state index in [4.69, 9.17) is 16.3 Å². The summed E-state index contributed by atoms with van der Waals surface area (Å²) < 4.78 is 5.81. The molecule has 1 aliphatic rings. The number of thioether (sulfide) groups is 1. The minimum atomic E-state index is -0.452. The largest absolute Gasteiger partial charge is 0.481 e. The molecule has 3 nitrogen and oxygen atoms in total. The third-order valence-electron chi connectivity index (χ3n) is 4.13. The normalized spacial score (nSPS) is 16.3. The summed E-state index contributed by atoms with van der Waals surface area (Å²) in [5.41, 5.74) is 0.951. The summed E-state index contributed by atoms with van der Waals surface area (Å²) in [7, 11) is 0. The van der Waals surface area contributed by atoms with Crippen LogP contribution in [0.15, 0.2) is 18.2 Å². The standard InChI is InChI=1S/C18H26ClNO2S/c1-3-17(22-14-8-9-16(19)13(2)12-14)18(21)20-10-11-23-15-6-4-5-7-15/h8-9,12,15,17H,3-7,10-11H2,1-2H3,(H,20,21). The van der Waals surface area contributed by atoms with Crippen molar-refractivity contribution in [3.05, 3.63) is 28.8 Å². The second-order valence-electron chi connectivity index (χ2n) is 5.99. The molecule has 0 bridgehead atoms. The Labute approximate surface area is 148 Å². The van der Waals surface area contributed by atoms with Crippen molar-refractivity contribution in [1.82, 2.24) is 5.32 Å². The average molecular weight is 356 g/mol. The number of aryl methyl sites for hydroxylation is 1. The molecule has 1 N–H and O–H groups in total. The van der Waals surface area contributed by atoms with Crippen LogP contribution in [0.5, 0.6) is 5.75 Å². The maximum Gasteiger partial charge on any atom is 0.261 e. The first-order valence-electron chi connectivity index (χ1n) is 8.42. The van der Waals surface area contributed by atoms with Gasteiger partial charge < -0.3 is 10.1 Å². The number of hydrogen-bond acceptors (Lipinski definition) is 3. The second kappa shape index (κ2) is 9.43. The van der Waals surface area contributed by atoms with Gasteiger partial charge in [-0.25, -0.2) is 0 Å². The van der Waals surface area contributed by atoms with Crippen molar-refractivity contribution in [3.8, 4) is 5.75 Å². The molecule has 0 aliphatic heterocycles. The molecule has 1 atom stereocenters. The van der Waals surface area contributed by atoms with Crippen molar-refractivity contribution >= 4 is 29.3 Å². The van der Waals surface area contributed by atoms with E-state index < -0.39 is 6.10 Å². The molecule has 128 valence electrons. The Morgan fingerprint density at radius 2 is 2.17 bits per heavy atom. The molecule has 0 radical (unpaired) electrons. The molecular formula is C18H26ClNO2S. The number of carbonyl (C=O) groups is 1. The summed E-state index contributed by atoms with van der Waals surface area (Å²) >= 11 is 8.00. The lowest BCUT2D eigenvalue weighted by Crippen LogP contribution is -2.39. The number of halogens is 1. The zero-order chi connectivity index (χ0) is 16.7. The highest BCUT2D eigenvalue weighted by molar-refractivity contribution is 7.99. The summed E-state index contributed by atoms with van der Waals surface area (Å²) in [5, 5.41) is 4.49. The summed E-state index contributed by atoms with van der Waals surface area (Å²) in [6.07, 6.45) is 5.56. The van der Waals surface area contributed by atoms with Gasteiger partial charge in [0.1, 0.15) is 5.75 Å². The topological polar surface area (TPSA) is 38.3 Å². The number of ether oxygens (including phenoxy) is 1. The van der Waals surface area contributed by atoms with Gasteiger partial charge in [-0.2, -0.15) is 11.8 Å². The molecule has 1 saturated carbocycles. The van der Waals surface area contributed by atoms with Crippen LogP contribution in [0.3, 0.4) is 0 Å². The smallest absolute Gasteiger partial charge is 0.261 e. The zero-order valence-electron chi connectivity index (χ0n) is 13.9. The number of nitrogens with one attached hydrogen (secondary N) is 1. The Balaban J connectivity index is 1.75. The lowest BCUT2D eigenvalue weighted by molar-refractivity contribution is -0.127. The fraction of sp³-hybridized carbons (Fsp3) is 0.611. The van der Waals surface area contributed by atoms with Crippen molar-refractivity contribution < 1.29 is 9.53 Å². The quantitative estimate of drug-likeness (QED) is 0.692. The lowest BCUT2D eigenvalue weighted by atomic mass is 10.2. The SMILES string of the molecule is CCC(Oc1ccc(Cl)c(C)c1)C(=O)NCCSC1CCCC1. The molecule has 1 unspecified atom stereocenters. The van der Waals surface area contributed by atoms with E-state index in [1.165, 1.54) is 25.7 Å². The summed E-state index contributed by atoms with van der Waals surface area (Å²) in [4.78, 5) is 12.3. The van der Waals surface area contributed by atoms with Crippen LogP contribution >= 0.6 is 23.4 Å². The average Bonchev–Trinajstić information content (AvgIpc) is 3.05. The van der Waals surface area contributed by atoms with Crippen molar-refractivity contribution in [3.63, 3.8) is 0 Å². The first-order chi connectivity index (χ1) is 11.1. The highest BCUT2D eigenvalue weighted by Crippen LogP contribution is 2.28. The summed E-state index contributed by atoms with van der Waals surface area (Å²) in [5.74, 6) is 1.63. The van der Waals surface area contributed by atoms with Gasteiger partial charge in [-0.1, -0.05) is 31.4 Å². The van der Waals surface area contributed by atoms with Crippen LogP contribution in [-0.4, -0.2) is 29.6 Å². The summed E-state index contributed by atoms with van der Waals surface area (Å²) in [6, 6.07) is 5.48. The molecule has 0 heterocycles. The third-order valence-corrected chi connectivity index (χ3v) is 5.93. The number of hydrogen-bond donors (Lipinski definition) is 1. The van der Waals surface area contributed by atoms with Crippen LogP contribution in [0.1, 0.15) is 44.6 Å². The van der Waals surface area contributed by atoms with Gasteiger partial charge in [-0.05, 0) is 49.9 Å². The minimum absolute atomic E-state index is 0.0351. The van der Waals surface area contributed by atoms with Crippen LogP contribution in [0, 0.1) is 6.92 Å². The monoisotopic (exact) mass is 355 g/mol. The van der Waals surface area contributed by atoms with Crippen molar-refractivity contribution in [2.24, 2.45) is 0 Å². The van der Waals surface area contributed by atoms with Crippen LogP contribution in [0.2, 0.25) is 5.02 Å². The van der Waals surface area contributed by atoms with E-state index in [-0.39, 0.29) is 5.91 Å². The summed E-state index contributed by atoms with van der Waals surface area (Å²) in [6.45, 7) is 4.59. The van der Waals surface area contributed by atoms with E-state index in [1.54, 1.807) is 12.1 Å². The number of amides is 1. The van der Waals surface area contributed by atoms with Crippen molar-refractivity contribution in [1.29, 1.82) is 0 Å². The maximum absolute atomic E-state index is 12.3. The molecule has 1 fully saturated rings. The zero-order valence-corrected chi connectivity index (χ0v) is 15.5. The van der Waals surface area contributed by atoms with E-state index in [9.17, 15) is 4.79 Å². The molecule has 23 heavy (non-hydrogen) atoms. The number of carbonyl (C=O) groups excluding carboxylic acids is 1. The van der Waals surface area contributed by atoms with Gasteiger partial charge in [0.2, 0.25) is 0 Å². The Morgan fingerprint density at radius 3 is 2.83 bits per heavy atom. The molecule has 1 amide bonds. The number of rotatable bonds is 8. The molecule has 1 aromatic carbocycles. The molecule has 0 saturated heterocycles. The van der Waals surface area contributed by atoms with Crippen molar-refractivity contribution in [2.75, 3.05) is 12.3 Å². The van der Waals surface area contributed by atoms with E-state index in [1.807, 2.05) is 31.7 Å². The molecule has 5 heteroatoms. The number of benzene rings is 1.